The topological polar surface area (TPSA) is 29.9 Å². The van der Waals surface area contributed by atoms with E-state index >= 15 is 0 Å². The Balaban J connectivity index is 1.99. The van der Waals surface area contributed by atoms with Crippen molar-refractivity contribution >= 4 is 11.9 Å². The fraction of sp³-hybridized carbons (Fsp3) is 0.154. The molecular formula is C13H15N3. The molecule has 0 atom stereocenters. The molecule has 1 aromatic heterocycles. The van der Waals surface area contributed by atoms with Crippen LogP contribution >= 0.6 is 0 Å². The number of hydrogen-bond acceptors (Lipinski definition) is 2. The summed E-state index contributed by atoms with van der Waals surface area (Å²) < 4.78 is 1.70. The summed E-state index contributed by atoms with van der Waals surface area (Å²) >= 11 is 0. The predicted octanol–water partition coefficient (Wildman–Crippen LogP) is 2.90. The Morgan fingerprint density at radius 3 is 3.06 bits per heavy atom. The lowest BCUT2D eigenvalue weighted by Crippen LogP contribution is -1.98. The van der Waals surface area contributed by atoms with Gasteiger partial charge in [-0.15, -0.1) is 0 Å². The molecule has 1 N–H and O–H groups in total. The van der Waals surface area contributed by atoms with Gasteiger partial charge in [-0.3, -0.25) is 0 Å². The second kappa shape index (κ2) is 4.66. The summed E-state index contributed by atoms with van der Waals surface area (Å²) in [5, 5.41) is 7.47. The minimum Gasteiger partial charge on any atom is -0.381 e. The molecule has 3 heteroatoms. The number of anilines is 1. The molecule has 0 amide bonds. The third-order valence-electron chi connectivity index (χ3n) is 2.36. The summed E-state index contributed by atoms with van der Waals surface area (Å²) in [6, 6.07) is 8.31. The van der Waals surface area contributed by atoms with Crippen molar-refractivity contribution in [2.24, 2.45) is 0 Å². The van der Waals surface area contributed by atoms with Gasteiger partial charge in [-0.25, -0.2) is 4.68 Å². The van der Waals surface area contributed by atoms with Gasteiger partial charge in [0.15, 0.2) is 0 Å². The molecule has 0 aliphatic heterocycles. The van der Waals surface area contributed by atoms with Crippen LogP contribution < -0.4 is 5.32 Å². The monoisotopic (exact) mass is 213 g/mol. The first-order valence-electron chi connectivity index (χ1n) is 5.24. The molecule has 2 aromatic rings. The van der Waals surface area contributed by atoms with Crippen LogP contribution in [0.5, 0.6) is 0 Å². The van der Waals surface area contributed by atoms with Gasteiger partial charge in [0.1, 0.15) is 0 Å². The van der Waals surface area contributed by atoms with Crippen molar-refractivity contribution in [3.05, 3.63) is 54.4 Å². The number of nitrogens with one attached hydrogen (secondary N) is 1. The summed E-state index contributed by atoms with van der Waals surface area (Å²) in [7, 11) is 0. The fourth-order valence-electron chi connectivity index (χ4n) is 1.53. The van der Waals surface area contributed by atoms with Gasteiger partial charge >= 0.3 is 0 Å². The minimum absolute atomic E-state index is 0.775. The molecule has 0 aliphatic rings. The summed E-state index contributed by atoms with van der Waals surface area (Å²) in [6.07, 6.45) is 5.47. The third kappa shape index (κ3) is 2.51. The molecule has 1 aromatic carbocycles. The van der Waals surface area contributed by atoms with Gasteiger partial charge in [0.25, 0.3) is 0 Å². The molecule has 0 spiro atoms. The summed E-state index contributed by atoms with van der Waals surface area (Å²) in [6.45, 7) is 6.51. The van der Waals surface area contributed by atoms with Crippen LogP contribution in [0.4, 0.5) is 5.69 Å². The highest BCUT2D eigenvalue weighted by atomic mass is 15.2. The van der Waals surface area contributed by atoms with Crippen molar-refractivity contribution < 1.29 is 0 Å². The highest BCUT2D eigenvalue weighted by Crippen LogP contribution is 2.11. The Morgan fingerprint density at radius 2 is 2.38 bits per heavy atom. The van der Waals surface area contributed by atoms with Crippen LogP contribution in [0.2, 0.25) is 0 Å². The minimum atomic E-state index is 0.775. The first-order valence-corrected chi connectivity index (χ1v) is 5.24. The Hall–Kier alpha value is -2.03. The summed E-state index contributed by atoms with van der Waals surface area (Å²) in [4.78, 5) is 0. The number of aromatic nitrogens is 2. The van der Waals surface area contributed by atoms with E-state index in [4.69, 9.17) is 0 Å². The van der Waals surface area contributed by atoms with Crippen LogP contribution in [0.3, 0.4) is 0 Å². The molecule has 82 valence electrons. The maximum atomic E-state index is 4.12. The van der Waals surface area contributed by atoms with Crippen molar-refractivity contribution in [2.75, 3.05) is 5.32 Å². The lowest BCUT2D eigenvalue weighted by Gasteiger charge is -2.04. The first-order chi connectivity index (χ1) is 7.78. The van der Waals surface area contributed by atoms with E-state index in [1.807, 2.05) is 18.5 Å². The molecular weight excluding hydrogens is 198 g/mol. The maximum absolute atomic E-state index is 4.12. The number of hydrogen-bond donors (Lipinski definition) is 1. The zero-order chi connectivity index (χ0) is 11.4. The van der Waals surface area contributed by atoms with Gasteiger partial charge in [0.2, 0.25) is 0 Å². The quantitative estimate of drug-likeness (QED) is 0.846. The number of nitrogens with zero attached hydrogens (tertiary/aromatic N) is 2. The molecule has 16 heavy (non-hydrogen) atoms. The molecule has 0 saturated carbocycles. The standard InChI is InChI=1S/C13H15N3/c1-3-16-10-12(9-15-16)8-14-13-6-4-5-11(2)7-13/h3-7,9-10,14H,1,8H2,2H3. The highest BCUT2D eigenvalue weighted by molar-refractivity contribution is 5.45. The van der Waals surface area contributed by atoms with Gasteiger partial charge in [0, 0.05) is 30.2 Å². The predicted molar refractivity (Wildman–Crippen MR) is 67.1 cm³/mol. The Morgan fingerprint density at radius 1 is 1.50 bits per heavy atom. The van der Waals surface area contributed by atoms with Crippen LogP contribution in [0.1, 0.15) is 11.1 Å². The average Bonchev–Trinajstić information content (AvgIpc) is 2.74. The molecule has 0 bridgehead atoms. The fourth-order valence-corrected chi connectivity index (χ4v) is 1.53. The van der Waals surface area contributed by atoms with Crippen molar-refractivity contribution in [3.8, 4) is 0 Å². The zero-order valence-corrected chi connectivity index (χ0v) is 9.35. The van der Waals surface area contributed by atoms with E-state index in [0.29, 0.717) is 0 Å². The third-order valence-corrected chi connectivity index (χ3v) is 2.36. The first kappa shape index (κ1) is 10.5. The van der Waals surface area contributed by atoms with Crippen LogP contribution in [0.25, 0.3) is 6.20 Å². The molecule has 1 heterocycles. The molecule has 0 fully saturated rings. The van der Waals surface area contributed by atoms with E-state index in [2.05, 4.69) is 42.1 Å². The lowest BCUT2D eigenvalue weighted by molar-refractivity contribution is 0.936. The summed E-state index contributed by atoms with van der Waals surface area (Å²) in [5.41, 5.74) is 3.53. The molecule has 0 unspecified atom stereocenters. The molecule has 3 nitrogen and oxygen atoms in total. The van der Waals surface area contributed by atoms with E-state index in [1.54, 1.807) is 10.9 Å². The van der Waals surface area contributed by atoms with Crippen LogP contribution in [-0.2, 0) is 6.54 Å². The van der Waals surface area contributed by atoms with E-state index in [1.165, 1.54) is 5.56 Å². The Kier molecular flexibility index (Phi) is 3.05. The lowest BCUT2D eigenvalue weighted by atomic mass is 10.2. The van der Waals surface area contributed by atoms with Crippen molar-refractivity contribution in [3.63, 3.8) is 0 Å². The summed E-state index contributed by atoms with van der Waals surface area (Å²) in [5.74, 6) is 0. The number of rotatable bonds is 4. The van der Waals surface area contributed by atoms with Crippen molar-refractivity contribution in [1.29, 1.82) is 0 Å². The van der Waals surface area contributed by atoms with Crippen LogP contribution in [0.15, 0.2) is 43.2 Å². The van der Waals surface area contributed by atoms with Gasteiger partial charge in [-0.1, -0.05) is 18.7 Å². The Bertz CT molecular complexity index is 485. The second-order valence-corrected chi connectivity index (χ2v) is 3.73. The van der Waals surface area contributed by atoms with Gasteiger partial charge in [-0.05, 0) is 24.6 Å². The van der Waals surface area contributed by atoms with E-state index in [9.17, 15) is 0 Å². The highest BCUT2D eigenvalue weighted by Gasteiger charge is 1.97. The average molecular weight is 213 g/mol. The van der Waals surface area contributed by atoms with E-state index in [0.717, 1.165) is 17.8 Å². The SMILES string of the molecule is C=Cn1cc(CNc2cccc(C)c2)cn1. The van der Waals surface area contributed by atoms with E-state index < -0.39 is 0 Å². The molecule has 2 rings (SSSR count). The van der Waals surface area contributed by atoms with Gasteiger partial charge < -0.3 is 5.32 Å². The van der Waals surface area contributed by atoms with Gasteiger partial charge in [0.05, 0.1) is 6.20 Å². The molecule has 0 saturated heterocycles. The number of aryl methyl sites for hydroxylation is 1. The Labute approximate surface area is 95.4 Å². The second-order valence-electron chi connectivity index (χ2n) is 3.73. The smallest absolute Gasteiger partial charge is 0.0543 e. The molecule has 0 radical (unpaired) electrons. The normalized spacial score (nSPS) is 10.1. The zero-order valence-electron chi connectivity index (χ0n) is 9.35. The largest absolute Gasteiger partial charge is 0.381 e. The maximum Gasteiger partial charge on any atom is 0.0543 e. The van der Waals surface area contributed by atoms with Crippen LogP contribution in [-0.4, -0.2) is 9.78 Å². The van der Waals surface area contributed by atoms with Crippen molar-refractivity contribution in [1.82, 2.24) is 9.78 Å². The molecule has 0 aliphatic carbocycles. The van der Waals surface area contributed by atoms with Crippen molar-refractivity contribution in [2.45, 2.75) is 13.5 Å². The van der Waals surface area contributed by atoms with Crippen LogP contribution in [0, 0.1) is 6.92 Å². The van der Waals surface area contributed by atoms with E-state index in [-0.39, 0.29) is 0 Å². The van der Waals surface area contributed by atoms with Gasteiger partial charge in [-0.2, -0.15) is 5.10 Å². The number of benzene rings is 1.